The molecular formula is C11H17N3O2S. The molecule has 6 heteroatoms. The van der Waals surface area contributed by atoms with Gasteiger partial charge in [0.15, 0.2) is 0 Å². The molecular weight excluding hydrogens is 238 g/mol. The molecule has 1 aliphatic rings. The average molecular weight is 255 g/mol. The molecule has 0 amide bonds. The third-order valence-corrected chi connectivity index (χ3v) is 4.10. The lowest BCUT2D eigenvalue weighted by molar-refractivity contribution is -0.142. The van der Waals surface area contributed by atoms with Gasteiger partial charge in [-0.25, -0.2) is 0 Å². The lowest BCUT2D eigenvalue weighted by Crippen LogP contribution is -2.23. The van der Waals surface area contributed by atoms with Gasteiger partial charge in [-0.1, -0.05) is 24.7 Å². The Morgan fingerprint density at radius 3 is 2.82 bits per heavy atom. The molecule has 0 radical (unpaired) electrons. The Morgan fingerprint density at radius 1 is 1.53 bits per heavy atom. The molecule has 2 heterocycles. The van der Waals surface area contributed by atoms with Gasteiger partial charge in [0.1, 0.15) is 5.01 Å². The highest BCUT2D eigenvalue weighted by Gasteiger charge is 2.38. The quantitative estimate of drug-likeness (QED) is 0.888. The maximum absolute atomic E-state index is 11.2. The number of anilines is 1. The summed E-state index contributed by atoms with van der Waals surface area (Å²) in [5, 5.41) is 19.1. The van der Waals surface area contributed by atoms with E-state index in [2.05, 4.69) is 22.0 Å². The minimum atomic E-state index is -0.688. The summed E-state index contributed by atoms with van der Waals surface area (Å²) in [5.41, 5.74) is 0. The Balaban J connectivity index is 2.11. The standard InChI is InChI=1S/C11H17N3O2S/c1-3-4-8-5-14(6-9(8)10(15)16)11-13-12-7(2)17-11/h8-9H,3-6H2,1-2H3,(H,15,16)/t8-,9-/m1/s1. The lowest BCUT2D eigenvalue weighted by atomic mass is 9.92. The summed E-state index contributed by atoms with van der Waals surface area (Å²) in [4.78, 5) is 13.3. The van der Waals surface area contributed by atoms with Crippen molar-refractivity contribution in [3.8, 4) is 0 Å². The van der Waals surface area contributed by atoms with Crippen molar-refractivity contribution in [2.24, 2.45) is 11.8 Å². The van der Waals surface area contributed by atoms with Gasteiger partial charge >= 0.3 is 5.97 Å². The monoisotopic (exact) mass is 255 g/mol. The number of carbonyl (C=O) groups is 1. The summed E-state index contributed by atoms with van der Waals surface area (Å²) in [5.74, 6) is -0.715. The van der Waals surface area contributed by atoms with Crippen molar-refractivity contribution >= 4 is 22.4 Å². The molecule has 0 saturated carbocycles. The zero-order chi connectivity index (χ0) is 12.4. The summed E-state index contributed by atoms with van der Waals surface area (Å²) in [6, 6.07) is 0. The van der Waals surface area contributed by atoms with Crippen LogP contribution in [0.2, 0.25) is 0 Å². The molecule has 1 aliphatic heterocycles. The van der Waals surface area contributed by atoms with Crippen LogP contribution in [-0.4, -0.2) is 34.4 Å². The van der Waals surface area contributed by atoms with Crippen LogP contribution in [0.15, 0.2) is 0 Å². The molecule has 0 spiro atoms. The minimum absolute atomic E-state index is 0.238. The Hall–Kier alpha value is -1.17. The Morgan fingerprint density at radius 2 is 2.29 bits per heavy atom. The zero-order valence-electron chi connectivity index (χ0n) is 10.1. The second kappa shape index (κ2) is 5.00. The van der Waals surface area contributed by atoms with Crippen LogP contribution in [0, 0.1) is 18.8 Å². The number of aromatic nitrogens is 2. The van der Waals surface area contributed by atoms with Gasteiger partial charge in [-0.15, -0.1) is 10.2 Å². The van der Waals surface area contributed by atoms with Crippen LogP contribution in [0.3, 0.4) is 0 Å². The number of rotatable bonds is 4. The Kier molecular flexibility index (Phi) is 3.61. The molecule has 5 nitrogen and oxygen atoms in total. The van der Waals surface area contributed by atoms with E-state index in [0.717, 1.165) is 29.5 Å². The van der Waals surface area contributed by atoms with E-state index in [1.807, 2.05) is 6.92 Å². The van der Waals surface area contributed by atoms with E-state index in [9.17, 15) is 9.90 Å². The highest BCUT2D eigenvalue weighted by molar-refractivity contribution is 7.15. The van der Waals surface area contributed by atoms with Gasteiger partial charge in [0.2, 0.25) is 5.13 Å². The molecule has 17 heavy (non-hydrogen) atoms. The van der Waals surface area contributed by atoms with Gasteiger partial charge < -0.3 is 10.0 Å². The van der Waals surface area contributed by atoms with Crippen LogP contribution >= 0.6 is 11.3 Å². The van der Waals surface area contributed by atoms with E-state index in [1.54, 1.807) is 0 Å². The summed E-state index contributed by atoms with van der Waals surface area (Å²) < 4.78 is 0. The summed E-state index contributed by atoms with van der Waals surface area (Å²) in [6.07, 6.45) is 1.99. The Labute approximate surface area is 104 Å². The fourth-order valence-corrected chi connectivity index (χ4v) is 3.09. The molecule has 0 aliphatic carbocycles. The number of carboxylic acid groups (broad SMARTS) is 1. The molecule has 0 bridgehead atoms. The van der Waals surface area contributed by atoms with Gasteiger partial charge in [0.25, 0.3) is 0 Å². The van der Waals surface area contributed by atoms with Crippen LogP contribution in [-0.2, 0) is 4.79 Å². The molecule has 2 atom stereocenters. The van der Waals surface area contributed by atoms with Crippen LogP contribution in [0.4, 0.5) is 5.13 Å². The number of hydrogen-bond donors (Lipinski definition) is 1. The summed E-state index contributed by atoms with van der Waals surface area (Å²) in [6.45, 7) is 5.36. The zero-order valence-corrected chi connectivity index (χ0v) is 10.9. The van der Waals surface area contributed by atoms with Crippen molar-refractivity contribution in [3.63, 3.8) is 0 Å². The topological polar surface area (TPSA) is 66.3 Å². The first-order valence-corrected chi connectivity index (χ1v) is 6.71. The van der Waals surface area contributed by atoms with Crippen molar-refractivity contribution in [3.05, 3.63) is 5.01 Å². The molecule has 1 fully saturated rings. The van der Waals surface area contributed by atoms with Gasteiger partial charge in [-0.3, -0.25) is 4.79 Å². The average Bonchev–Trinajstić information content (AvgIpc) is 2.85. The minimum Gasteiger partial charge on any atom is -0.481 e. The van der Waals surface area contributed by atoms with Crippen LogP contribution < -0.4 is 4.90 Å². The molecule has 1 N–H and O–H groups in total. The van der Waals surface area contributed by atoms with Crippen LogP contribution in [0.5, 0.6) is 0 Å². The molecule has 1 aromatic rings. The second-order valence-corrected chi connectivity index (χ2v) is 5.66. The largest absolute Gasteiger partial charge is 0.481 e. The second-order valence-electron chi connectivity index (χ2n) is 4.50. The van der Waals surface area contributed by atoms with Gasteiger partial charge in [-0.05, 0) is 19.3 Å². The number of aryl methyl sites for hydroxylation is 1. The third-order valence-electron chi connectivity index (χ3n) is 3.20. The van der Waals surface area contributed by atoms with E-state index >= 15 is 0 Å². The molecule has 94 valence electrons. The Bertz CT molecular complexity index is 407. The van der Waals surface area contributed by atoms with Crippen molar-refractivity contribution in [1.29, 1.82) is 0 Å². The predicted molar refractivity (Wildman–Crippen MR) is 66.4 cm³/mol. The molecule has 2 rings (SSSR count). The van der Waals surface area contributed by atoms with Gasteiger partial charge in [0, 0.05) is 13.1 Å². The first kappa shape index (κ1) is 12.3. The maximum Gasteiger partial charge on any atom is 0.308 e. The van der Waals surface area contributed by atoms with Crippen molar-refractivity contribution in [2.75, 3.05) is 18.0 Å². The van der Waals surface area contributed by atoms with E-state index in [0.29, 0.717) is 6.54 Å². The third kappa shape index (κ3) is 2.57. The molecule has 1 saturated heterocycles. The van der Waals surface area contributed by atoms with Crippen molar-refractivity contribution in [1.82, 2.24) is 10.2 Å². The van der Waals surface area contributed by atoms with Crippen molar-refractivity contribution in [2.45, 2.75) is 26.7 Å². The van der Waals surface area contributed by atoms with Crippen molar-refractivity contribution < 1.29 is 9.90 Å². The van der Waals surface area contributed by atoms with Crippen LogP contribution in [0.1, 0.15) is 24.8 Å². The fourth-order valence-electron chi connectivity index (χ4n) is 2.38. The van der Waals surface area contributed by atoms with E-state index in [1.165, 1.54) is 11.3 Å². The first-order chi connectivity index (χ1) is 8.11. The van der Waals surface area contributed by atoms with Gasteiger partial charge in [0.05, 0.1) is 5.92 Å². The molecule has 1 aromatic heterocycles. The smallest absolute Gasteiger partial charge is 0.308 e. The molecule has 0 unspecified atom stereocenters. The summed E-state index contributed by atoms with van der Waals surface area (Å²) in [7, 11) is 0. The van der Waals surface area contributed by atoms with E-state index in [4.69, 9.17) is 0 Å². The predicted octanol–water partition coefficient (Wildman–Crippen LogP) is 1.78. The molecule has 0 aromatic carbocycles. The number of carboxylic acids is 1. The fraction of sp³-hybridized carbons (Fsp3) is 0.727. The highest BCUT2D eigenvalue weighted by atomic mass is 32.1. The van der Waals surface area contributed by atoms with E-state index in [-0.39, 0.29) is 11.8 Å². The number of hydrogen-bond acceptors (Lipinski definition) is 5. The summed E-state index contributed by atoms with van der Waals surface area (Å²) >= 11 is 1.53. The number of nitrogens with zero attached hydrogens (tertiary/aromatic N) is 3. The lowest BCUT2D eigenvalue weighted by Gasteiger charge is -2.13. The maximum atomic E-state index is 11.2. The van der Waals surface area contributed by atoms with Crippen LogP contribution in [0.25, 0.3) is 0 Å². The van der Waals surface area contributed by atoms with Gasteiger partial charge in [-0.2, -0.15) is 0 Å². The SMILES string of the molecule is CCC[C@@H]1CN(c2nnc(C)s2)C[C@H]1C(=O)O. The highest BCUT2D eigenvalue weighted by Crippen LogP contribution is 2.32. The normalized spacial score (nSPS) is 24.2. The van der Waals surface area contributed by atoms with E-state index < -0.39 is 5.97 Å². The number of aliphatic carboxylic acids is 1. The first-order valence-electron chi connectivity index (χ1n) is 5.89.